The molecular weight excluding hydrogens is 546 g/mol. The van der Waals surface area contributed by atoms with Gasteiger partial charge in [0.05, 0.1) is 10.6 Å². The Morgan fingerprint density at radius 2 is 1.52 bits per heavy atom. The Balaban J connectivity index is 2.08. The van der Waals surface area contributed by atoms with Crippen molar-refractivity contribution in [1.82, 2.24) is 10.2 Å². The molecular formula is C31H38ClN3O4S. The van der Waals surface area contributed by atoms with Crippen LogP contribution < -0.4 is 9.62 Å². The molecule has 3 aromatic rings. The van der Waals surface area contributed by atoms with E-state index >= 15 is 0 Å². The highest BCUT2D eigenvalue weighted by atomic mass is 35.5. The summed E-state index contributed by atoms with van der Waals surface area (Å²) in [5.41, 5.74) is 3.21. The zero-order chi connectivity index (χ0) is 29.8. The molecule has 0 unspecified atom stereocenters. The summed E-state index contributed by atoms with van der Waals surface area (Å²) in [7, 11) is -4.12. The number of hydrogen-bond donors (Lipinski definition) is 1. The Morgan fingerprint density at radius 1 is 0.925 bits per heavy atom. The lowest BCUT2D eigenvalue weighted by molar-refractivity contribution is -0.140. The van der Waals surface area contributed by atoms with E-state index in [1.54, 1.807) is 55.5 Å². The van der Waals surface area contributed by atoms with E-state index < -0.39 is 34.1 Å². The lowest BCUT2D eigenvalue weighted by atomic mass is 10.1. The van der Waals surface area contributed by atoms with Gasteiger partial charge in [-0.3, -0.25) is 13.9 Å². The number of hydrogen-bond acceptors (Lipinski definition) is 4. The van der Waals surface area contributed by atoms with E-state index in [9.17, 15) is 18.0 Å². The van der Waals surface area contributed by atoms with Gasteiger partial charge in [0, 0.05) is 17.1 Å². The van der Waals surface area contributed by atoms with Gasteiger partial charge in [-0.2, -0.15) is 0 Å². The van der Waals surface area contributed by atoms with E-state index in [0.717, 1.165) is 26.6 Å². The minimum atomic E-state index is -4.12. The number of benzene rings is 3. The zero-order valence-electron chi connectivity index (χ0n) is 24.2. The lowest BCUT2D eigenvalue weighted by Crippen LogP contribution is -2.54. The highest BCUT2D eigenvalue weighted by molar-refractivity contribution is 7.92. The molecule has 2 amide bonds. The second kappa shape index (κ2) is 12.4. The van der Waals surface area contributed by atoms with Crippen LogP contribution in [0.4, 0.5) is 5.69 Å². The molecule has 9 heteroatoms. The molecule has 40 heavy (non-hydrogen) atoms. The van der Waals surface area contributed by atoms with Crippen LogP contribution in [0.3, 0.4) is 0 Å². The quantitative estimate of drug-likeness (QED) is 0.345. The average Bonchev–Trinajstić information content (AvgIpc) is 2.87. The normalized spacial score (nSPS) is 12.5. The number of anilines is 1. The number of nitrogens with zero attached hydrogens (tertiary/aromatic N) is 2. The molecule has 1 N–H and O–H groups in total. The van der Waals surface area contributed by atoms with Crippen molar-refractivity contribution in [1.29, 1.82) is 0 Å². The van der Waals surface area contributed by atoms with Gasteiger partial charge in [0.25, 0.3) is 10.0 Å². The van der Waals surface area contributed by atoms with Crippen LogP contribution in [0.25, 0.3) is 0 Å². The largest absolute Gasteiger partial charge is 0.350 e. The molecule has 7 nitrogen and oxygen atoms in total. The molecule has 214 valence electrons. The maximum absolute atomic E-state index is 14.1. The summed E-state index contributed by atoms with van der Waals surface area (Å²) >= 11 is 6.06. The highest BCUT2D eigenvalue weighted by Crippen LogP contribution is 2.29. The molecule has 0 spiro atoms. The van der Waals surface area contributed by atoms with E-state index in [4.69, 9.17) is 11.6 Å². The molecule has 0 aromatic heterocycles. The number of rotatable bonds is 9. The van der Waals surface area contributed by atoms with Gasteiger partial charge in [-0.1, -0.05) is 53.6 Å². The fourth-order valence-corrected chi connectivity index (χ4v) is 5.80. The van der Waals surface area contributed by atoms with Gasteiger partial charge < -0.3 is 10.2 Å². The lowest BCUT2D eigenvalue weighted by Gasteiger charge is -2.34. The molecule has 0 bridgehead atoms. The summed E-state index contributed by atoms with van der Waals surface area (Å²) in [4.78, 5) is 28.7. The number of halogens is 1. The molecule has 0 saturated heterocycles. The number of carbonyl (C=O) groups excluding carboxylic acids is 2. The molecule has 3 aromatic carbocycles. The molecule has 0 aliphatic heterocycles. The van der Waals surface area contributed by atoms with Crippen molar-refractivity contribution in [2.24, 2.45) is 0 Å². The Morgan fingerprint density at radius 3 is 2.10 bits per heavy atom. The molecule has 3 rings (SSSR count). The van der Waals surface area contributed by atoms with E-state index in [1.807, 2.05) is 47.6 Å². The molecule has 0 radical (unpaired) electrons. The Kier molecular flexibility index (Phi) is 9.69. The molecule has 0 saturated carbocycles. The van der Waals surface area contributed by atoms with Crippen molar-refractivity contribution in [2.75, 3.05) is 10.8 Å². The molecule has 0 aliphatic carbocycles. The fourth-order valence-electron chi connectivity index (χ4n) is 4.20. The van der Waals surface area contributed by atoms with Crippen LogP contribution >= 0.6 is 11.6 Å². The minimum absolute atomic E-state index is 0.0783. The monoisotopic (exact) mass is 583 g/mol. The average molecular weight is 584 g/mol. The number of aryl methyl sites for hydroxylation is 2. The Hall–Kier alpha value is -3.36. The van der Waals surface area contributed by atoms with Crippen LogP contribution in [0, 0.1) is 20.8 Å². The van der Waals surface area contributed by atoms with Gasteiger partial charge >= 0.3 is 0 Å². The van der Waals surface area contributed by atoms with Crippen molar-refractivity contribution >= 4 is 39.1 Å². The predicted molar refractivity (Wildman–Crippen MR) is 161 cm³/mol. The topological polar surface area (TPSA) is 86.8 Å². The smallest absolute Gasteiger partial charge is 0.264 e. The third-order valence-corrected chi connectivity index (χ3v) is 8.69. The molecule has 1 atom stereocenters. The molecule has 0 heterocycles. The fraction of sp³-hybridized carbons (Fsp3) is 0.355. The van der Waals surface area contributed by atoms with Crippen LogP contribution in [0.5, 0.6) is 0 Å². The number of sulfonamides is 1. The summed E-state index contributed by atoms with van der Waals surface area (Å²) in [6.45, 7) is 12.4. The second-order valence-corrected chi connectivity index (χ2v) is 13.4. The second-order valence-electron chi connectivity index (χ2n) is 11.1. The highest BCUT2D eigenvalue weighted by Gasteiger charge is 2.34. The molecule has 0 fully saturated rings. The standard InChI is InChI=1S/C31H38ClN3O4S/c1-21-11-17-27(18-12-21)40(38,39)35(28-10-8-9-22(2)23(28)3)20-29(36)34(19-25-13-15-26(32)16-14-25)24(4)30(37)33-31(5,6)7/h8-18,24H,19-20H2,1-7H3,(H,33,37)/t24-/m0/s1. The molecule has 0 aliphatic rings. The summed E-state index contributed by atoms with van der Waals surface area (Å²) in [6.07, 6.45) is 0. The first-order valence-electron chi connectivity index (χ1n) is 13.1. The summed E-state index contributed by atoms with van der Waals surface area (Å²) in [5.74, 6) is -0.849. The van der Waals surface area contributed by atoms with Crippen molar-refractivity contribution in [3.63, 3.8) is 0 Å². The maximum atomic E-state index is 14.1. The summed E-state index contributed by atoms with van der Waals surface area (Å²) in [6, 6.07) is 18.0. The first-order chi connectivity index (χ1) is 18.6. The Labute approximate surface area is 243 Å². The van der Waals surface area contributed by atoms with E-state index in [-0.39, 0.29) is 17.3 Å². The summed E-state index contributed by atoms with van der Waals surface area (Å²) < 4.78 is 29.2. The van der Waals surface area contributed by atoms with Gasteiger partial charge in [0.2, 0.25) is 11.8 Å². The van der Waals surface area contributed by atoms with Crippen molar-refractivity contribution in [3.05, 3.63) is 94.0 Å². The number of nitrogens with one attached hydrogen (secondary N) is 1. The van der Waals surface area contributed by atoms with E-state index in [2.05, 4.69) is 5.32 Å². The van der Waals surface area contributed by atoms with Crippen molar-refractivity contribution in [3.8, 4) is 0 Å². The minimum Gasteiger partial charge on any atom is -0.350 e. The van der Waals surface area contributed by atoms with E-state index in [1.165, 1.54) is 17.0 Å². The number of amides is 2. The van der Waals surface area contributed by atoms with Gasteiger partial charge in [0.1, 0.15) is 12.6 Å². The van der Waals surface area contributed by atoms with Crippen LogP contribution in [0.15, 0.2) is 71.6 Å². The van der Waals surface area contributed by atoms with Gasteiger partial charge in [-0.25, -0.2) is 8.42 Å². The SMILES string of the molecule is Cc1ccc(S(=O)(=O)N(CC(=O)N(Cc2ccc(Cl)cc2)[C@@H](C)C(=O)NC(C)(C)C)c2cccc(C)c2C)cc1. The zero-order valence-corrected chi connectivity index (χ0v) is 25.7. The van der Waals surface area contributed by atoms with Crippen LogP contribution in [0.2, 0.25) is 5.02 Å². The van der Waals surface area contributed by atoms with Crippen LogP contribution in [-0.4, -0.2) is 43.3 Å². The van der Waals surface area contributed by atoms with Gasteiger partial charge in [-0.05, 0) is 95.5 Å². The first-order valence-corrected chi connectivity index (χ1v) is 14.9. The maximum Gasteiger partial charge on any atom is 0.264 e. The van der Waals surface area contributed by atoms with Gasteiger partial charge in [-0.15, -0.1) is 0 Å². The van der Waals surface area contributed by atoms with Crippen LogP contribution in [-0.2, 0) is 26.2 Å². The first kappa shape index (κ1) is 31.2. The van der Waals surface area contributed by atoms with Crippen molar-refractivity contribution < 1.29 is 18.0 Å². The number of carbonyl (C=O) groups is 2. The van der Waals surface area contributed by atoms with E-state index in [0.29, 0.717) is 10.7 Å². The summed E-state index contributed by atoms with van der Waals surface area (Å²) in [5, 5.41) is 3.47. The van der Waals surface area contributed by atoms with Crippen molar-refractivity contribution in [2.45, 2.75) is 71.5 Å². The van der Waals surface area contributed by atoms with Crippen LogP contribution in [0.1, 0.15) is 49.9 Å². The third-order valence-electron chi connectivity index (χ3n) is 6.66. The third kappa shape index (κ3) is 7.64. The predicted octanol–water partition coefficient (Wildman–Crippen LogP) is 5.79. The Bertz CT molecular complexity index is 1460. The van der Waals surface area contributed by atoms with Gasteiger partial charge in [0.15, 0.2) is 0 Å².